The number of H-pyrrole nitrogens is 1. The first-order valence-electron chi connectivity index (χ1n) is 5.67. The predicted octanol–water partition coefficient (Wildman–Crippen LogP) is 0.249. The van der Waals surface area contributed by atoms with Gasteiger partial charge in [0.25, 0.3) is 5.56 Å². The van der Waals surface area contributed by atoms with E-state index >= 15 is 0 Å². The van der Waals surface area contributed by atoms with Crippen LogP contribution in [0.3, 0.4) is 0 Å². The average Bonchev–Trinajstić information content (AvgIpc) is 2.67. The third kappa shape index (κ3) is 2.56. The van der Waals surface area contributed by atoms with Gasteiger partial charge in [0.2, 0.25) is 5.95 Å². The molecule has 0 spiro atoms. The number of rotatable bonds is 2. The molecule has 102 valence electrons. The standard InChI is InChI=1S/C11H15N5O3/c1-11(2,3)9(18)19-5-16-4-13-6-7(16)14-10(12)15-8(6)17/h4H,5H2,1-3H3,(H3,12,14,15,17). The number of aromatic nitrogens is 4. The van der Waals surface area contributed by atoms with Gasteiger partial charge in [0.05, 0.1) is 5.41 Å². The second-order valence-corrected chi connectivity index (χ2v) is 5.15. The molecule has 8 heteroatoms. The van der Waals surface area contributed by atoms with Gasteiger partial charge in [-0.2, -0.15) is 4.98 Å². The lowest BCUT2D eigenvalue weighted by Gasteiger charge is -2.16. The Morgan fingerprint density at radius 3 is 2.84 bits per heavy atom. The molecule has 0 unspecified atom stereocenters. The Balaban J connectivity index is 2.28. The molecule has 0 aromatic carbocycles. The van der Waals surface area contributed by atoms with Crippen LogP contribution in [0, 0.1) is 5.41 Å². The largest absolute Gasteiger partial charge is 0.443 e. The smallest absolute Gasteiger partial charge is 0.312 e. The molecule has 0 fully saturated rings. The van der Waals surface area contributed by atoms with Crippen molar-refractivity contribution in [2.24, 2.45) is 5.41 Å². The summed E-state index contributed by atoms with van der Waals surface area (Å²) in [6, 6.07) is 0. The summed E-state index contributed by atoms with van der Waals surface area (Å²) in [5.74, 6) is -0.367. The molecule has 0 amide bonds. The fraction of sp³-hybridized carbons (Fsp3) is 0.455. The van der Waals surface area contributed by atoms with Gasteiger partial charge in [0.15, 0.2) is 17.9 Å². The molecule has 2 aromatic rings. The maximum absolute atomic E-state index is 11.7. The van der Waals surface area contributed by atoms with Crippen LogP contribution in [0.4, 0.5) is 5.95 Å². The third-order valence-electron chi connectivity index (χ3n) is 2.44. The van der Waals surface area contributed by atoms with E-state index in [0.29, 0.717) is 0 Å². The molecule has 0 saturated carbocycles. The van der Waals surface area contributed by atoms with Crippen LogP contribution in [-0.2, 0) is 16.3 Å². The molecular weight excluding hydrogens is 250 g/mol. The van der Waals surface area contributed by atoms with E-state index in [0.717, 1.165) is 0 Å². The lowest BCUT2D eigenvalue weighted by atomic mass is 9.98. The normalized spacial score (nSPS) is 11.7. The Morgan fingerprint density at radius 2 is 2.21 bits per heavy atom. The lowest BCUT2D eigenvalue weighted by Crippen LogP contribution is -2.24. The second-order valence-electron chi connectivity index (χ2n) is 5.15. The summed E-state index contributed by atoms with van der Waals surface area (Å²) in [5, 5.41) is 0. The first-order valence-corrected chi connectivity index (χ1v) is 5.67. The molecule has 0 bridgehead atoms. The summed E-state index contributed by atoms with van der Waals surface area (Å²) in [6.45, 7) is 5.19. The number of nitrogen functional groups attached to an aromatic ring is 1. The summed E-state index contributed by atoms with van der Waals surface area (Å²) in [5.41, 5.74) is 4.87. The number of carbonyl (C=O) groups is 1. The van der Waals surface area contributed by atoms with Crippen LogP contribution < -0.4 is 11.3 Å². The highest BCUT2D eigenvalue weighted by molar-refractivity contribution is 5.75. The minimum atomic E-state index is -0.597. The molecule has 0 atom stereocenters. The quantitative estimate of drug-likeness (QED) is 0.752. The molecule has 0 radical (unpaired) electrons. The zero-order valence-electron chi connectivity index (χ0n) is 10.9. The maximum Gasteiger partial charge on any atom is 0.312 e. The number of nitrogens with one attached hydrogen (secondary N) is 1. The Labute approximate surface area is 108 Å². The number of nitrogens with zero attached hydrogens (tertiary/aromatic N) is 3. The van der Waals surface area contributed by atoms with Gasteiger partial charge in [-0.25, -0.2) is 4.98 Å². The van der Waals surface area contributed by atoms with E-state index in [9.17, 15) is 9.59 Å². The molecule has 2 rings (SSSR count). The number of imidazole rings is 1. The summed E-state index contributed by atoms with van der Waals surface area (Å²) in [7, 11) is 0. The van der Waals surface area contributed by atoms with Crippen molar-refractivity contribution < 1.29 is 9.53 Å². The fourth-order valence-corrected chi connectivity index (χ4v) is 1.41. The van der Waals surface area contributed by atoms with Crippen molar-refractivity contribution >= 4 is 23.1 Å². The van der Waals surface area contributed by atoms with Crippen molar-refractivity contribution in [3.63, 3.8) is 0 Å². The summed E-state index contributed by atoms with van der Waals surface area (Å²) in [6.07, 6.45) is 1.38. The van der Waals surface area contributed by atoms with Crippen LogP contribution in [0.25, 0.3) is 11.2 Å². The predicted molar refractivity (Wildman–Crippen MR) is 68.1 cm³/mol. The highest BCUT2D eigenvalue weighted by Gasteiger charge is 2.23. The zero-order valence-corrected chi connectivity index (χ0v) is 10.9. The average molecular weight is 265 g/mol. The van der Waals surface area contributed by atoms with E-state index in [1.165, 1.54) is 10.9 Å². The molecule has 2 heterocycles. The molecule has 0 aliphatic carbocycles. The molecule has 8 nitrogen and oxygen atoms in total. The second kappa shape index (κ2) is 4.38. The number of anilines is 1. The molecule has 19 heavy (non-hydrogen) atoms. The highest BCUT2D eigenvalue weighted by Crippen LogP contribution is 2.16. The Bertz CT molecular complexity index is 680. The number of aromatic amines is 1. The van der Waals surface area contributed by atoms with Gasteiger partial charge in [0.1, 0.15) is 6.33 Å². The Kier molecular flexibility index (Phi) is 3.01. The number of fused-ring (bicyclic) bond motifs is 1. The number of carbonyl (C=O) groups excluding carboxylic acids is 1. The summed E-state index contributed by atoms with van der Waals surface area (Å²) in [4.78, 5) is 33.4. The van der Waals surface area contributed by atoms with Crippen LogP contribution in [0.1, 0.15) is 20.8 Å². The minimum absolute atomic E-state index is 0.0126. The van der Waals surface area contributed by atoms with E-state index in [-0.39, 0.29) is 29.8 Å². The van der Waals surface area contributed by atoms with Crippen LogP contribution >= 0.6 is 0 Å². The molecular formula is C11H15N5O3. The highest BCUT2D eigenvalue weighted by atomic mass is 16.5. The van der Waals surface area contributed by atoms with Gasteiger partial charge in [-0.05, 0) is 20.8 Å². The van der Waals surface area contributed by atoms with Gasteiger partial charge in [-0.3, -0.25) is 19.1 Å². The van der Waals surface area contributed by atoms with Gasteiger partial charge < -0.3 is 10.5 Å². The van der Waals surface area contributed by atoms with Crippen LogP contribution in [0.2, 0.25) is 0 Å². The number of hydrogen-bond acceptors (Lipinski definition) is 6. The van der Waals surface area contributed by atoms with Crippen LogP contribution in [-0.4, -0.2) is 25.5 Å². The Morgan fingerprint density at radius 1 is 1.53 bits per heavy atom. The zero-order chi connectivity index (χ0) is 14.2. The van der Waals surface area contributed by atoms with Crippen molar-refractivity contribution in [3.05, 3.63) is 16.7 Å². The van der Waals surface area contributed by atoms with E-state index < -0.39 is 11.0 Å². The van der Waals surface area contributed by atoms with Crippen molar-refractivity contribution in [2.75, 3.05) is 5.73 Å². The SMILES string of the molecule is CC(C)(C)C(=O)OCn1cnc2c(=O)[nH]c(N)nc21. The number of esters is 1. The first kappa shape index (κ1) is 13.1. The van der Waals surface area contributed by atoms with E-state index in [1.54, 1.807) is 20.8 Å². The van der Waals surface area contributed by atoms with Crippen LogP contribution in [0.15, 0.2) is 11.1 Å². The number of nitrogens with two attached hydrogens (primary N) is 1. The van der Waals surface area contributed by atoms with E-state index in [2.05, 4.69) is 15.0 Å². The molecule has 0 saturated heterocycles. The van der Waals surface area contributed by atoms with Crippen LogP contribution in [0.5, 0.6) is 0 Å². The fourth-order valence-electron chi connectivity index (χ4n) is 1.41. The number of hydrogen-bond donors (Lipinski definition) is 2. The van der Waals surface area contributed by atoms with Gasteiger partial charge in [0, 0.05) is 0 Å². The minimum Gasteiger partial charge on any atom is -0.443 e. The lowest BCUT2D eigenvalue weighted by molar-refractivity contribution is -0.156. The summed E-state index contributed by atoms with van der Waals surface area (Å²) < 4.78 is 6.58. The maximum atomic E-state index is 11.7. The van der Waals surface area contributed by atoms with Crippen molar-refractivity contribution in [1.82, 2.24) is 19.5 Å². The van der Waals surface area contributed by atoms with Crippen molar-refractivity contribution in [1.29, 1.82) is 0 Å². The van der Waals surface area contributed by atoms with E-state index in [4.69, 9.17) is 10.5 Å². The van der Waals surface area contributed by atoms with Gasteiger partial charge in [-0.15, -0.1) is 0 Å². The molecule has 0 aliphatic heterocycles. The molecule has 0 aliphatic rings. The topological polar surface area (TPSA) is 116 Å². The monoisotopic (exact) mass is 265 g/mol. The van der Waals surface area contributed by atoms with E-state index in [1.807, 2.05) is 0 Å². The third-order valence-corrected chi connectivity index (χ3v) is 2.44. The Hall–Kier alpha value is -2.38. The van der Waals surface area contributed by atoms with Crippen molar-refractivity contribution in [3.8, 4) is 0 Å². The molecule has 2 aromatic heterocycles. The number of ether oxygens (including phenoxy) is 1. The van der Waals surface area contributed by atoms with Gasteiger partial charge >= 0.3 is 5.97 Å². The molecule has 3 N–H and O–H groups in total. The summed E-state index contributed by atoms with van der Waals surface area (Å²) >= 11 is 0. The first-order chi connectivity index (χ1) is 8.79. The van der Waals surface area contributed by atoms with Gasteiger partial charge in [-0.1, -0.05) is 0 Å². The van der Waals surface area contributed by atoms with Crippen molar-refractivity contribution in [2.45, 2.75) is 27.5 Å².